The van der Waals surface area contributed by atoms with Crippen LogP contribution in [0.1, 0.15) is 29.4 Å². The van der Waals surface area contributed by atoms with Gasteiger partial charge in [0.15, 0.2) is 0 Å². The lowest BCUT2D eigenvalue weighted by atomic mass is 10.1. The highest BCUT2D eigenvalue weighted by molar-refractivity contribution is 5.84. The van der Waals surface area contributed by atoms with Gasteiger partial charge in [0.05, 0.1) is 5.69 Å². The molecule has 0 saturated carbocycles. The van der Waals surface area contributed by atoms with Crippen molar-refractivity contribution < 1.29 is 0 Å². The van der Waals surface area contributed by atoms with Gasteiger partial charge in [0.25, 0.3) is 0 Å². The Balaban J connectivity index is 1.93. The Hall–Kier alpha value is -2.81. The molecule has 0 N–H and O–H groups in total. The molecule has 0 fully saturated rings. The summed E-state index contributed by atoms with van der Waals surface area (Å²) in [6, 6.07) is 19.1. The molecule has 1 aromatic heterocycles. The van der Waals surface area contributed by atoms with Crippen molar-refractivity contribution in [2.45, 2.75) is 27.2 Å². The molecule has 0 aliphatic heterocycles. The molecule has 3 rings (SSSR count). The van der Waals surface area contributed by atoms with Crippen molar-refractivity contribution in [3.8, 4) is 5.69 Å². The lowest BCUT2D eigenvalue weighted by Crippen LogP contribution is -2.07. The van der Waals surface area contributed by atoms with Gasteiger partial charge in [-0.15, -0.1) is 0 Å². The van der Waals surface area contributed by atoms with E-state index in [1.165, 1.54) is 28.3 Å². The molecule has 0 radical (unpaired) electrons. The van der Waals surface area contributed by atoms with Gasteiger partial charge in [-0.3, -0.25) is 4.99 Å². The molecule has 0 atom stereocenters. The number of benzene rings is 2. The van der Waals surface area contributed by atoms with Gasteiger partial charge >= 0.3 is 0 Å². The first-order valence-electron chi connectivity index (χ1n) is 9.10. The second-order valence-electron chi connectivity index (χ2n) is 6.81. The highest BCUT2D eigenvalue weighted by Gasteiger charge is 2.11. The van der Waals surface area contributed by atoms with Crippen molar-refractivity contribution in [3.63, 3.8) is 0 Å². The highest BCUT2D eigenvalue weighted by Crippen LogP contribution is 2.24. The Labute approximate surface area is 156 Å². The normalized spacial score (nSPS) is 11.3. The maximum atomic E-state index is 4.67. The summed E-state index contributed by atoms with van der Waals surface area (Å²) in [6.07, 6.45) is 2.99. The van der Waals surface area contributed by atoms with Crippen LogP contribution < -0.4 is 4.90 Å². The average molecular weight is 345 g/mol. The monoisotopic (exact) mass is 345 g/mol. The van der Waals surface area contributed by atoms with Crippen molar-refractivity contribution in [2.24, 2.45) is 4.99 Å². The minimum absolute atomic E-state index is 0.967. The van der Waals surface area contributed by atoms with Gasteiger partial charge in [-0.25, -0.2) is 0 Å². The zero-order valence-electron chi connectivity index (χ0n) is 16.3. The molecule has 0 amide bonds. The van der Waals surface area contributed by atoms with E-state index in [9.17, 15) is 0 Å². The number of anilines is 1. The number of hydrogen-bond acceptors (Lipinski definition) is 2. The van der Waals surface area contributed by atoms with Crippen LogP contribution in [-0.4, -0.2) is 24.9 Å². The minimum atomic E-state index is 0.967. The molecule has 0 unspecified atom stereocenters. The predicted octanol–water partition coefficient (Wildman–Crippen LogP) is 5.47. The molecule has 26 heavy (non-hydrogen) atoms. The fourth-order valence-corrected chi connectivity index (χ4v) is 3.30. The van der Waals surface area contributed by atoms with E-state index in [-0.39, 0.29) is 0 Å². The zero-order chi connectivity index (χ0) is 18.7. The van der Waals surface area contributed by atoms with Crippen LogP contribution in [0.2, 0.25) is 0 Å². The Bertz CT molecular complexity index is 915. The van der Waals surface area contributed by atoms with E-state index in [4.69, 9.17) is 0 Å². The number of hydrogen-bond donors (Lipinski definition) is 0. The van der Waals surface area contributed by atoms with Crippen LogP contribution in [0.3, 0.4) is 0 Å². The van der Waals surface area contributed by atoms with Crippen molar-refractivity contribution in [3.05, 3.63) is 77.1 Å². The topological polar surface area (TPSA) is 20.5 Å². The quantitative estimate of drug-likeness (QED) is 0.561. The number of aryl methyl sites for hydroxylation is 2. The van der Waals surface area contributed by atoms with Crippen LogP contribution in [0.15, 0.2) is 59.6 Å². The Morgan fingerprint density at radius 3 is 2.35 bits per heavy atom. The van der Waals surface area contributed by atoms with Gasteiger partial charge in [0.2, 0.25) is 0 Å². The summed E-state index contributed by atoms with van der Waals surface area (Å²) in [5.74, 6) is 0. The highest BCUT2D eigenvalue weighted by atomic mass is 15.1. The van der Waals surface area contributed by atoms with Crippen LogP contribution in [-0.2, 0) is 6.42 Å². The molecule has 0 aliphatic carbocycles. The van der Waals surface area contributed by atoms with E-state index in [1.807, 2.05) is 20.3 Å². The fraction of sp³-hybridized carbons (Fsp3) is 0.261. The second kappa shape index (κ2) is 7.61. The van der Waals surface area contributed by atoms with Gasteiger partial charge in [-0.2, -0.15) is 0 Å². The zero-order valence-corrected chi connectivity index (χ0v) is 16.3. The first-order valence-corrected chi connectivity index (χ1v) is 9.10. The number of aromatic nitrogens is 1. The summed E-state index contributed by atoms with van der Waals surface area (Å²) in [6.45, 7) is 6.52. The maximum Gasteiger partial charge on any atom is 0.0631 e. The standard InChI is InChI=1S/C23H27N3/c1-6-19-9-7-8-10-23(19)26-17(2)15-20(18(26)3)16-24-21-11-13-22(14-12-21)25(4)5/h7-16H,6H2,1-5H3. The SMILES string of the molecule is CCc1ccccc1-n1c(C)cc(C=Nc2ccc(N(C)C)cc2)c1C. The van der Waals surface area contributed by atoms with E-state index in [1.54, 1.807) is 0 Å². The van der Waals surface area contributed by atoms with Gasteiger partial charge in [0, 0.05) is 48.6 Å². The first-order chi connectivity index (χ1) is 12.5. The van der Waals surface area contributed by atoms with Gasteiger partial charge in [-0.1, -0.05) is 25.1 Å². The Morgan fingerprint density at radius 2 is 1.69 bits per heavy atom. The minimum Gasteiger partial charge on any atom is -0.378 e. The maximum absolute atomic E-state index is 4.67. The van der Waals surface area contributed by atoms with E-state index in [0.717, 1.165) is 17.7 Å². The van der Waals surface area contributed by atoms with E-state index < -0.39 is 0 Å². The third kappa shape index (κ3) is 3.57. The summed E-state index contributed by atoms with van der Waals surface area (Å²) < 4.78 is 2.33. The van der Waals surface area contributed by atoms with Crippen LogP contribution >= 0.6 is 0 Å². The summed E-state index contributed by atoms with van der Waals surface area (Å²) >= 11 is 0. The smallest absolute Gasteiger partial charge is 0.0631 e. The molecule has 2 aromatic carbocycles. The third-order valence-corrected chi connectivity index (χ3v) is 4.80. The molecule has 0 bridgehead atoms. The lowest BCUT2D eigenvalue weighted by molar-refractivity contribution is 0.937. The Morgan fingerprint density at radius 1 is 1.00 bits per heavy atom. The second-order valence-corrected chi connectivity index (χ2v) is 6.81. The molecular weight excluding hydrogens is 318 g/mol. The van der Waals surface area contributed by atoms with E-state index >= 15 is 0 Å². The summed E-state index contributed by atoms with van der Waals surface area (Å²) in [5, 5.41) is 0. The summed E-state index contributed by atoms with van der Waals surface area (Å²) in [5.41, 5.74) is 8.37. The van der Waals surface area contributed by atoms with Crippen molar-refractivity contribution in [2.75, 3.05) is 19.0 Å². The van der Waals surface area contributed by atoms with Crippen molar-refractivity contribution in [1.29, 1.82) is 0 Å². The van der Waals surface area contributed by atoms with Gasteiger partial charge < -0.3 is 9.47 Å². The van der Waals surface area contributed by atoms with Crippen LogP contribution in [0.5, 0.6) is 0 Å². The van der Waals surface area contributed by atoms with Crippen molar-refractivity contribution in [1.82, 2.24) is 4.57 Å². The number of para-hydroxylation sites is 1. The average Bonchev–Trinajstić information content (AvgIpc) is 2.93. The lowest BCUT2D eigenvalue weighted by Gasteiger charge is -2.13. The van der Waals surface area contributed by atoms with Crippen molar-refractivity contribution >= 4 is 17.6 Å². The first kappa shape index (κ1) is 18.0. The molecule has 0 spiro atoms. The van der Waals surface area contributed by atoms with Gasteiger partial charge in [-0.05, 0) is 62.2 Å². The molecule has 3 aromatic rings. The molecule has 134 valence electrons. The van der Waals surface area contributed by atoms with Crippen LogP contribution in [0, 0.1) is 13.8 Å². The van der Waals surface area contributed by atoms with Gasteiger partial charge in [0.1, 0.15) is 0 Å². The number of aliphatic imine (C=N–C) groups is 1. The van der Waals surface area contributed by atoms with E-state index in [0.29, 0.717) is 0 Å². The number of nitrogens with zero attached hydrogens (tertiary/aromatic N) is 3. The molecule has 3 nitrogen and oxygen atoms in total. The van der Waals surface area contributed by atoms with E-state index in [2.05, 4.69) is 89.8 Å². The summed E-state index contributed by atoms with van der Waals surface area (Å²) in [4.78, 5) is 6.76. The predicted molar refractivity (Wildman–Crippen MR) is 113 cm³/mol. The third-order valence-electron chi connectivity index (χ3n) is 4.80. The Kier molecular flexibility index (Phi) is 5.27. The fourth-order valence-electron chi connectivity index (χ4n) is 3.30. The molecule has 3 heteroatoms. The van der Waals surface area contributed by atoms with Crippen LogP contribution in [0.25, 0.3) is 5.69 Å². The number of rotatable bonds is 5. The summed E-state index contributed by atoms with van der Waals surface area (Å²) in [7, 11) is 4.09. The molecule has 0 saturated heterocycles. The van der Waals surface area contributed by atoms with Crippen LogP contribution in [0.4, 0.5) is 11.4 Å². The largest absolute Gasteiger partial charge is 0.378 e. The molecule has 0 aliphatic rings. The molecule has 1 heterocycles. The molecular formula is C23H27N3.